The van der Waals surface area contributed by atoms with Crippen molar-refractivity contribution in [1.82, 2.24) is 5.43 Å². The largest absolute Gasteiger partial charge is 0.472 e. The molecule has 3 nitrogen and oxygen atoms in total. The maximum Gasteiger partial charge on any atom is 0.0954 e. The highest BCUT2D eigenvalue weighted by molar-refractivity contribution is 5.32. The fourth-order valence-electron chi connectivity index (χ4n) is 2.20. The van der Waals surface area contributed by atoms with Gasteiger partial charge < -0.3 is 4.42 Å². The average Bonchev–Trinajstić information content (AvgIpc) is 2.83. The van der Waals surface area contributed by atoms with Crippen LogP contribution in [-0.2, 0) is 6.42 Å². The summed E-state index contributed by atoms with van der Waals surface area (Å²) in [4.78, 5) is 0. The van der Waals surface area contributed by atoms with Gasteiger partial charge in [0.2, 0.25) is 0 Å². The molecule has 3 N–H and O–H groups in total. The summed E-state index contributed by atoms with van der Waals surface area (Å²) in [5.41, 5.74) is 6.39. The number of hydrogen-bond acceptors (Lipinski definition) is 3. The van der Waals surface area contributed by atoms with Gasteiger partial charge in [-0.2, -0.15) is 0 Å². The summed E-state index contributed by atoms with van der Waals surface area (Å²) in [5, 5.41) is 0. The summed E-state index contributed by atoms with van der Waals surface area (Å²) in [5.74, 6) is 6.31. The van der Waals surface area contributed by atoms with Crippen molar-refractivity contribution in [3.05, 3.63) is 59.5 Å². The molecule has 1 unspecified atom stereocenters. The van der Waals surface area contributed by atoms with Crippen LogP contribution in [0, 0.1) is 5.92 Å². The maximum atomic E-state index is 5.66. The molecule has 1 aromatic heterocycles. The molecule has 0 aliphatic rings. The SMILES string of the molecule is CC(C)Cc1cccc(C(NN)c2ccoc2)c1. The number of hydrogen-bond donors (Lipinski definition) is 2. The van der Waals surface area contributed by atoms with Gasteiger partial charge in [0.25, 0.3) is 0 Å². The van der Waals surface area contributed by atoms with E-state index in [-0.39, 0.29) is 6.04 Å². The zero-order chi connectivity index (χ0) is 13.0. The molecule has 2 aromatic rings. The highest BCUT2D eigenvalue weighted by Gasteiger charge is 2.13. The van der Waals surface area contributed by atoms with Crippen LogP contribution in [0.2, 0.25) is 0 Å². The first-order valence-corrected chi connectivity index (χ1v) is 6.27. The summed E-state index contributed by atoms with van der Waals surface area (Å²) < 4.78 is 5.12. The van der Waals surface area contributed by atoms with E-state index in [2.05, 4.69) is 43.5 Å². The first-order chi connectivity index (χ1) is 8.70. The zero-order valence-electron chi connectivity index (χ0n) is 10.9. The first kappa shape index (κ1) is 12.9. The van der Waals surface area contributed by atoms with E-state index in [0.29, 0.717) is 5.92 Å². The van der Waals surface area contributed by atoms with Crippen LogP contribution in [0.3, 0.4) is 0 Å². The number of nitrogens with two attached hydrogens (primary N) is 1. The molecular weight excluding hydrogens is 224 g/mol. The Balaban J connectivity index is 2.26. The van der Waals surface area contributed by atoms with E-state index < -0.39 is 0 Å². The zero-order valence-corrected chi connectivity index (χ0v) is 10.9. The van der Waals surface area contributed by atoms with Gasteiger partial charge in [-0.25, -0.2) is 5.43 Å². The van der Waals surface area contributed by atoms with Crippen molar-refractivity contribution >= 4 is 0 Å². The normalized spacial score (nSPS) is 12.9. The minimum Gasteiger partial charge on any atom is -0.472 e. The molecule has 1 heterocycles. The van der Waals surface area contributed by atoms with Crippen LogP contribution in [0.4, 0.5) is 0 Å². The quantitative estimate of drug-likeness (QED) is 0.628. The van der Waals surface area contributed by atoms with Crippen LogP contribution in [0.1, 0.15) is 36.6 Å². The summed E-state index contributed by atoms with van der Waals surface area (Å²) in [7, 11) is 0. The van der Waals surface area contributed by atoms with Gasteiger partial charge in [-0.1, -0.05) is 38.1 Å². The van der Waals surface area contributed by atoms with Crippen LogP contribution in [0.5, 0.6) is 0 Å². The molecule has 0 spiro atoms. The van der Waals surface area contributed by atoms with Gasteiger partial charge >= 0.3 is 0 Å². The van der Waals surface area contributed by atoms with E-state index >= 15 is 0 Å². The van der Waals surface area contributed by atoms with E-state index in [1.54, 1.807) is 12.5 Å². The molecule has 3 heteroatoms. The molecule has 0 saturated heterocycles. The Morgan fingerprint density at radius 1 is 1.22 bits per heavy atom. The van der Waals surface area contributed by atoms with Crippen LogP contribution >= 0.6 is 0 Å². The molecule has 1 atom stereocenters. The molecule has 0 fully saturated rings. The average molecular weight is 244 g/mol. The van der Waals surface area contributed by atoms with Gasteiger partial charge in [0.05, 0.1) is 18.6 Å². The van der Waals surface area contributed by atoms with Crippen molar-refractivity contribution in [3.8, 4) is 0 Å². The van der Waals surface area contributed by atoms with Crippen molar-refractivity contribution in [2.45, 2.75) is 26.3 Å². The third-order valence-electron chi connectivity index (χ3n) is 2.97. The lowest BCUT2D eigenvalue weighted by molar-refractivity contribution is 0.553. The smallest absolute Gasteiger partial charge is 0.0954 e. The second-order valence-electron chi connectivity index (χ2n) is 5.00. The van der Waals surface area contributed by atoms with Gasteiger partial charge in [-0.3, -0.25) is 5.84 Å². The number of benzene rings is 1. The molecule has 18 heavy (non-hydrogen) atoms. The molecule has 0 saturated carbocycles. The van der Waals surface area contributed by atoms with Crippen LogP contribution < -0.4 is 11.3 Å². The number of hydrazine groups is 1. The molecule has 0 radical (unpaired) electrons. The van der Waals surface area contributed by atoms with E-state index in [1.165, 1.54) is 5.56 Å². The standard InChI is InChI=1S/C15H20N2O/c1-11(2)8-12-4-3-5-13(9-12)15(17-16)14-6-7-18-10-14/h3-7,9-11,15,17H,8,16H2,1-2H3. The fraction of sp³-hybridized carbons (Fsp3) is 0.333. The monoisotopic (exact) mass is 244 g/mol. The first-order valence-electron chi connectivity index (χ1n) is 6.27. The second-order valence-corrected chi connectivity index (χ2v) is 5.00. The summed E-state index contributed by atoms with van der Waals surface area (Å²) in [6.07, 6.45) is 4.47. The molecule has 0 amide bonds. The lowest BCUT2D eigenvalue weighted by Gasteiger charge is -2.16. The lowest BCUT2D eigenvalue weighted by atomic mass is 9.96. The van der Waals surface area contributed by atoms with Gasteiger partial charge in [-0.15, -0.1) is 0 Å². The third kappa shape index (κ3) is 3.00. The molecule has 1 aromatic carbocycles. The maximum absolute atomic E-state index is 5.66. The number of nitrogens with one attached hydrogen (secondary N) is 1. The number of rotatable bonds is 5. The Kier molecular flexibility index (Phi) is 4.18. The Morgan fingerprint density at radius 3 is 2.67 bits per heavy atom. The second kappa shape index (κ2) is 5.85. The third-order valence-corrected chi connectivity index (χ3v) is 2.97. The van der Waals surface area contributed by atoms with Crippen molar-refractivity contribution in [3.63, 3.8) is 0 Å². The Bertz CT molecular complexity index is 477. The van der Waals surface area contributed by atoms with E-state index in [4.69, 9.17) is 10.3 Å². The summed E-state index contributed by atoms with van der Waals surface area (Å²) >= 11 is 0. The van der Waals surface area contributed by atoms with Crippen molar-refractivity contribution in [2.75, 3.05) is 0 Å². The molecule has 0 aliphatic carbocycles. The predicted molar refractivity (Wildman–Crippen MR) is 72.9 cm³/mol. The Morgan fingerprint density at radius 2 is 2.06 bits per heavy atom. The molecule has 0 aliphatic heterocycles. The minimum absolute atomic E-state index is 0.0177. The molecule has 2 rings (SSSR count). The van der Waals surface area contributed by atoms with Crippen molar-refractivity contribution in [1.29, 1.82) is 0 Å². The molecule has 96 valence electrons. The Labute approximate surface area is 108 Å². The summed E-state index contributed by atoms with van der Waals surface area (Å²) in [6.45, 7) is 4.45. The highest BCUT2D eigenvalue weighted by Crippen LogP contribution is 2.23. The fourth-order valence-corrected chi connectivity index (χ4v) is 2.20. The van der Waals surface area contributed by atoms with E-state index in [0.717, 1.165) is 17.5 Å². The van der Waals surface area contributed by atoms with E-state index in [9.17, 15) is 0 Å². The van der Waals surface area contributed by atoms with Crippen LogP contribution in [0.15, 0.2) is 47.3 Å². The summed E-state index contributed by atoms with van der Waals surface area (Å²) in [6, 6.07) is 10.4. The van der Waals surface area contributed by atoms with Crippen LogP contribution in [0.25, 0.3) is 0 Å². The Hall–Kier alpha value is -1.58. The molecule has 0 bridgehead atoms. The highest BCUT2D eigenvalue weighted by atomic mass is 16.3. The van der Waals surface area contributed by atoms with Gasteiger partial charge in [0, 0.05) is 5.56 Å². The topological polar surface area (TPSA) is 51.2 Å². The van der Waals surface area contributed by atoms with Crippen molar-refractivity contribution in [2.24, 2.45) is 11.8 Å². The minimum atomic E-state index is -0.0177. The van der Waals surface area contributed by atoms with Gasteiger partial charge in [0.1, 0.15) is 0 Å². The van der Waals surface area contributed by atoms with Gasteiger partial charge in [0.15, 0.2) is 0 Å². The lowest BCUT2D eigenvalue weighted by Crippen LogP contribution is -2.28. The number of furan rings is 1. The van der Waals surface area contributed by atoms with E-state index in [1.807, 2.05) is 6.07 Å². The van der Waals surface area contributed by atoms with Crippen molar-refractivity contribution < 1.29 is 4.42 Å². The van der Waals surface area contributed by atoms with Gasteiger partial charge in [-0.05, 0) is 29.5 Å². The van der Waals surface area contributed by atoms with Crippen LogP contribution in [-0.4, -0.2) is 0 Å². The molecular formula is C15H20N2O. The predicted octanol–water partition coefficient (Wildman–Crippen LogP) is 3.03.